The first-order valence-corrected chi connectivity index (χ1v) is 9.69. The van der Waals surface area contributed by atoms with Crippen molar-refractivity contribution < 1.29 is 4.74 Å². The largest absolute Gasteiger partial charge is 0.381 e. The highest BCUT2D eigenvalue weighted by Gasteiger charge is 2.35. The van der Waals surface area contributed by atoms with Crippen LogP contribution in [0.15, 0.2) is 0 Å². The maximum Gasteiger partial charge on any atom is 0.0546 e. The first-order chi connectivity index (χ1) is 10.1. The third-order valence-corrected chi connectivity index (χ3v) is 6.19. The van der Waals surface area contributed by atoms with Crippen LogP contribution in [0.4, 0.5) is 0 Å². The Morgan fingerprint density at radius 3 is 2.81 bits per heavy atom. The van der Waals surface area contributed by atoms with Crippen LogP contribution in [-0.2, 0) is 4.74 Å². The summed E-state index contributed by atoms with van der Waals surface area (Å²) in [6.45, 7) is 14.9. The summed E-state index contributed by atoms with van der Waals surface area (Å²) in [6, 6.07) is 0. The van der Waals surface area contributed by atoms with Crippen molar-refractivity contribution >= 4 is 11.8 Å². The van der Waals surface area contributed by atoms with Gasteiger partial charge in [0.1, 0.15) is 0 Å². The molecule has 124 valence electrons. The highest BCUT2D eigenvalue weighted by molar-refractivity contribution is 8.00. The Labute approximate surface area is 135 Å². The van der Waals surface area contributed by atoms with Crippen molar-refractivity contribution in [3.63, 3.8) is 0 Å². The molecule has 0 aromatic heterocycles. The fourth-order valence-corrected chi connectivity index (χ4v) is 4.59. The second kappa shape index (κ2) is 8.19. The van der Waals surface area contributed by atoms with E-state index in [-0.39, 0.29) is 0 Å². The molecule has 0 bridgehead atoms. The molecule has 2 aliphatic rings. The summed E-state index contributed by atoms with van der Waals surface area (Å²) in [5, 5.41) is 3.66. The van der Waals surface area contributed by atoms with E-state index in [0.717, 1.165) is 26.3 Å². The Bertz CT molecular complexity index is 303. The minimum absolute atomic E-state index is 0.340. The molecule has 0 spiro atoms. The van der Waals surface area contributed by atoms with Gasteiger partial charge in [-0.1, -0.05) is 20.8 Å². The SMILES string of the molecule is CCCNCC1(CN2CCSC(C)(C)CC2)CCCOC1. The zero-order valence-corrected chi connectivity index (χ0v) is 15.1. The predicted octanol–water partition coefficient (Wildman–Crippen LogP) is 3.00. The maximum atomic E-state index is 5.86. The molecule has 1 unspecified atom stereocenters. The molecule has 0 saturated carbocycles. The van der Waals surface area contributed by atoms with Crippen LogP contribution in [0.3, 0.4) is 0 Å². The van der Waals surface area contributed by atoms with Crippen molar-refractivity contribution in [2.45, 2.75) is 51.2 Å². The van der Waals surface area contributed by atoms with Crippen molar-refractivity contribution in [3.8, 4) is 0 Å². The number of ether oxygens (including phenoxy) is 1. The van der Waals surface area contributed by atoms with E-state index in [1.165, 1.54) is 51.1 Å². The lowest BCUT2D eigenvalue weighted by Crippen LogP contribution is -2.49. The van der Waals surface area contributed by atoms with E-state index in [1.54, 1.807) is 0 Å². The lowest BCUT2D eigenvalue weighted by atomic mass is 9.81. The van der Waals surface area contributed by atoms with Gasteiger partial charge in [0, 0.05) is 42.2 Å². The molecule has 1 atom stereocenters. The smallest absolute Gasteiger partial charge is 0.0546 e. The van der Waals surface area contributed by atoms with E-state index in [0.29, 0.717) is 10.2 Å². The summed E-state index contributed by atoms with van der Waals surface area (Å²) < 4.78 is 6.31. The van der Waals surface area contributed by atoms with Crippen LogP contribution < -0.4 is 5.32 Å². The van der Waals surface area contributed by atoms with E-state index in [1.807, 2.05) is 0 Å². The van der Waals surface area contributed by atoms with Crippen LogP contribution in [-0.4, -0.2) is 61.3 Å². The molecule has 21 heavy (non-hydrogen) atoms. The normalized spacial score (nSPS) is 31.0. The zero-order chi connectivity index (χ0) is 15.2. The van der Waals surface area contributed by atoms with Gasteiger partial charge in [0.2, 0.25) is 0 Å². The number of nitrogens with one attached hydrogen (secondary N) is 1. The van der Waals surface area contributed by atoms with Gasteiger partial charge in [-0.05, 0) is 38.8 Å². The monoisotopic (exact) mass is 314 g/mol. The molecule has 2 rings (SSSR count). The van der Waals surface area contributed by atoms with E-state index in [9.17, 15) is 0 Å². The van der Waals surface area contributed by atoms with E-state index < -0.39 is 0 Å². The number of thioether (sulfide) groups is 1. The van der Waals surface area contributed by atoms with Gasteiger partial charge in [0.25, 0.3) is 0 Å². The molecule has 2 fully saturated rings. The van der Waals surface area contributed by atoms with Crippen LogP contribution >= 0.6 is 11.8 Å². The van der Waals surface area contributed by atoms with Crippen LogP contribution in [0, 0.1) is 5.41 Å². The number of nitrogens with zero attached hydrogens (tertiary/aromatic N) is 1. The molecule has 2 heterocycles. The summed E-state index contributed by atoms with van der Waals surface area (Å²) in [7, 11) is 0. The zero-order valence-electron chi connectivity index (χ0n) is 14.2. The average molecular weight is 315 g/mol. The quantitative estimate of drug-likeness (QED) is 0.762. The van der Waals surface area contributed by atoms with Crippen molar-refractivity contribution in [1.82, 2.24) is 10.2 Å². The Kier molecular flexibility index (Phi) is 6.85. The molecular formula is C17H34N2OS. The summed E-state index contributed by atoms with van der Waals surface area (Å²) >= 11 is 2.14. The first kappa shape index (κ1) is 17.6. The topological polar surface area (TPSA) is 24.5 Å². The Balaban J connectivity index is 1.91. The molecule has 3 nitrogen and oxygen atoms in total. The highest BCUT2D eigenvalue weighted by atomic mass is 32.2. The van der Waals surface area contributed by atoms with Crippen molar-refractivity contribution in [2.75, 3.05) is 51.7 Å². The van der Waals surface area contributed by atoms with Gasteiger partial charge in [-0.15, -0.1) is 0 Å². The fourth-order valence-electron chi connectivity index (χ4n) is 3.46. The number of hydrogen-bond acceptors (Lipinski definition) is 4. The second-order valence-electron chi connectivity index (χ2n) is 7.47. The van der Waals surface area contributed by atoms with E-state index >= 15 is 0 Å². The third-order valence-electron chi connectivity index (χ3n) is 4.82. The molecule has 2 saturated heterocycles. The van der Waals surface area contributed by atoms with Crippen LogP contribution in [0.2, 0.25) is 0 Å². The molecule has 4 heteroatoms. The second-order valence-corrected chi connectivity index (χ2v) is 9.27. The minimum atomic E-state index is 0.340. The molecule has 1 N–H and O–H groups in total. The lowest BCUT2D eigenvalue weighted by molar-refractivity contribution is -0.0254. The molecule has 0 aliphatic carbocycles. The van der Waals surface area contributed by atoms with E-state index in [4.69, 9.17) is 4.74 Å². The van der Waals surface area contributed by atoms with Gasteiger partial charge in [-0.25, -0.2) is 0 Å². The van der Waals surface area contributed by atoms with Crippen LogP contribution in [0.1, 0.15) is 46.5 Å². The van der Waals surface area contributed by atoms with Crippen molar-refractivity contribution in [1.29, 1.82) is 0 Å². The fraction of sp³-hybridized carbons (Fsp3) is 1.00. The average Bonchev–Trinajstić information content (AvgIpc) is 2.62. The van der Waals surface area contributed by atoms with Crippen LogP contribution in [0.5, 0.6) is 0 Å². The minimum Gasteiger partial charge on any atom is -0.381 e. The summed E-state index contributed by atoms with van der Waals surface area (Å²) in [5.41, 5.74) is 0.340. The maximum absolute atomic E-state index is 5.86. The van der Waals surface area contributed by atoms with Gasteiger partial charge >= 0.3 is 0 Å². The summed E-state index contributed by atoms with van der Waals surface area (Å²) in [6.07, 6.45) is 5.06. The van der Waals surface area contributed by atoms with Gasteiger partial charge in [0.05, 0.1) is 6.61 Å². The van der Waals surface area contributed by atoms with Crippen molar-refractivity contribution in [3.05, 3.63) is 0 Å². The Hall–Kier alpha value is 0.230. The highest BCUT2D eigenvalue weighted by Crippen LogP contribution is 2.34. The molecule has 2 aliphatic heterocycles. The van der Waals surface area contributed by atoms with Crippen molar-refractivity contribution in [2.24, 2.45) is 5.41 Å². The van der Waals surface area contributed by atoms with Crippen LogP contribution in [0.25, 0.3) is 0 Å². The Morgan fingerprint density at radius 2 is 2.10 bits per heavy atom. The first-order valence-electron chi connectivity index (χ1n) is 8.70. The third kappa shape index (κ3) is 5.74. The standard InChI is InChI=1S/C17H34N2OS/c1-4-8-18-13-17(6-5-11-20-15-17)14-19-9-7-16(2,3)21-12-10-19/h18H,4-15H2,1-3H3. The van der Waals surface area contributed by atoms with Gasteiger partial charge in [0.15, 0.2) is 0 Å². The molecular weight excluding hydrogens is 280 g/mol. The Morgan fingerprint density at radius 1 is 1.24 bits per heavy atom. The van der Waals surface area contributed by atoms with Gasteiger partial charge in [-0.2, -0.15) is 11.8 Å². The van der Waals surface area contributed by atoms with E-state index in [2.05, 4.69) is 42.7 Å². The molecule has 0 amide bonds. The summed E-state index contributed by atoms with van der Waals surface area (Å²) in [4.78, 5) is 2.70. The summed E-state index contributed by atoms with van der Waals surface area (Å²) in [5.74, 6) is 1.27. The number of rotatable bonds is 6. The molecule has 0 aromatic carbocycles. The van der Waals surface area contributed by atoms with Gasteiger partial charge < -0.3 is 15.0 Å². The lowest BCUT2D eigenvalue weighted by Gasteiger charge is -2.41. The predicted molar refractivity (Wildman–Crippen MR) is 93.2 cm³/mol. The molecule has 0 aromatic rings. The number of hydrogen-bond donors (Lipinski definition) is 1. The molecule has 0 radical (unpaired) electrons. The van der Waals surface area contributed by atoms with Gasteiger partial charge in [-0.3, -0.25) is 0 Å².